The van der Waals surface area contributed by atoms with E-state index in [1.54, 1.807) is 13.0 Å². The Balaban J connectivity index is 1.35. The minimum absolute atomic E-state index is 0.0100. The Kier molecular flexibility index (Phi) is 3.22. The molecule has 2 aromatic heterocycles. The number of hydrogen-bond donors (Lipinski definition) is 0. The molecule has 2 aromatic rings. The van der Waals surface area contributed by atoms with Crippen LogP contribution in [-0.4, -0.2) is 46.3 Å². The number of carbonyl (C=O) groups excluding carboxylic acids is 1. The van der Waals surface area contributed by atoms with Crippen LogP contribution in [0, 0.1) is 12.8 Å². The van der Waals surface area contributed by atoms with Crippen LogP contribution in [0.1, 0.15) is 28.6 Å². The molecule has 22 heavy (non-hydrogen) atoms. The summed E-state index contributed by atoms with van der Waals surface area (Å²) < 4.78 is 16.4. The molecule has 2 fully saturated rings. The van der Waals surface area contributed by atoms with Gasteiger partial charge < -0.3 is 18.5 Å². The number of hydrogen-bond acceptors (Lipinski definition) is 6. The molecular weight excluding hydrogens is 286 g/mol. The van der Waals surface area contributed by atoms with Crippen LogP contribution in [0.25, 0.3) is 0 Å². The molecule has 0 saturated carbocycles. The van der Waals surface area contributed by atoms with Crippen molar-refractivity contribution in [3.8, 4) is 0 Å². The SMILES string of the molecule is Cc1nnc(C[C@H]2C[C@H]3CN(C(=O)c4ccoc4)C[C@H]3O2)o1. The van der Waals surface area contributed by atoms with E-state index in [1.807, 2.05) is 4.90 Å². The van der Waals surface area contributed by atoms with Crippen LogP contribution in [-0.2, 0) is 11.2 Å². The first kappa shape index (κ1) is 13.5. The molecule has 0 radical (unpaired) electrons. The molecule has 7 nitrogen and oxygen atoms in total. The van der Waals surface area contributed by atoms with Gasteiger partial charge in [-0.1, -0.05) is 0 Å². The normalized spacial score (nSPS) is 27.3. The maximum Gasteiger partial charge on any atom is 0.257 e. The third-order valence-corrected chi connectivity index (χ3v) is 4.34. The number of aromatic nitrogens is 2. The van der Waals surface area contributed by atoms with Crippen molar-refractivity contribution in [2.75, 3.05) is 13.1 Å². The van der Waals surface area contributed by atoms with Crippen molar-refractivity contribution in [3.05, 3.63) is 35.9 Å². The predicted molar refractivity (Wildman–Crippen MR) is 74.1 cm³/mol. The minimum Gasteiger partial charge on any atom is -0.472 e. The van der Waals surface area contributed by atoms with Gasteiger partial charge in [0.1, 0.15) is 6.26 Å². The highest BCUT2D eigenvalue weighted by atomic mass is 16.5. The molecule has 7 heteroatoms. The first-order valence-corrected chi connectivity index (χ1v) is 7.45. The Morgan fingerprint density at radius 2 is 2.32 bits per heavy atom. The molecule has 0 N–H and O–H groups in total. The Labute approximate surface area is 127 Å². The van der Waals surface area contributed by atoms with E-state index >= 15 is 0 Å². The number of rotatable bonds is 3. The first-order chi connectivity index (χ1) is 10.7. The lowest BCUT2D eigenvalue weighted by Crippen LogP contribution is -2.31. The number of furan rings is 1. The van der Waals surface area contributed by atoms with Crippen LogP contribution >= 0.6 is 0 Å². The molecule has 4 heterocycles. The second-order valence-corrected chi connectivity index (χ2v) is 5.93. The van der Waals surface area contributed by atoms with Crippen molar-refractivity contribution in [1.82, 2.24) is 15.1 Å². The standard InChI is InChI=1S/C15H17N3O4/c1-9-16-17-14(21-9)5-12-4-11-6-18(7-13(11)22-12)15(19)10-2-3-20-8-10/h2-3,8,11-13H,4-7H2,1H3/t11-,12+,13+/m0/s1. The zero-order valence-corrected chi connectivity index (χ0v) is 12.3. The van der Waals surface area contributed by atoms with Gasteiger partial charge in [0, 0.05) is 25.9 Å². The summed E-state index contributed by atoms with van der Waals surface area (Å²) >= 11 is 0. The van der Waals surface area contributed by atoms with Gasteiger partial charge in [0.05, 0.1) is 30.5 Å². The molecule has 0 spiro atoms. The van der Waals surface area contributed by atoms with E-state index in [-0.39, 0.29) is 18.1 Å². The summed E-state index contributed by atoms with van der Waals surface area (Å²) in [6, 6.07) is 1.69. The summed E-state index contributed by atoms with van der Waals surface area (Å²) in [5, 5.41) is 7.84. The summed E-state index contributed by atoms with van der Waals surface area (Å²) in [7, 11) is 0. The Bertz CT molecular complexity index is 652. The molecule has 2 aliphatic heterocycles. The Morgan fingerprint density at radius 3 is 3.00 bits per heavy atom. The molecule has 1 amide bonds. The molecule has 2 aliphatic rings. The van der Waals surface area contributed by atoms with Crippen LogP contribution in [0.4, 0.5) is 0 Å². The lowest BCUT2D eigenvalue weighted by atomic mass is 10.0. The molecule has 0 unspecified atom stereocenters. The second-order valence-electron chi connectivity index (χ2n) is 5.93. The van der Waals surface area contributed by atoms with Crippen molar-refractivity contribution in [2.24, 2.45) is 5.92 Å². The van der Waals surface area contributed by atoms with Crippen molar-refractivity contribution in [1.29, 1.82) is 0 Å². The molecule has 2 saturated heterocycles. The van der Waals surface area contributed by atoms with Crippen molar-refractivity contribution in [3.63, 3.8) is 0 Å². The van der Waals surface area contributed by atoms with Gasteiger partial charge in [-0.2, -0.15) is 0 Å². The Hall–Kier alpha value is -2.15. The number of aryl methyl sites for hydroxylation is 1. The summed E-state index contributed by atoms with van der Waals surface area (Å²) in [6.07, 6.45) is 4.76. The van der Waals surface area contributed by atoms with E-state index in [9.17, 15) is 4.79 Å². The Morgan fingerprint density at radius 1 is 1.41 bits per heavy atom. The minimum atomic E-state index is 0.0100. The molecule has 0 bridgehead atoms. The van der Waals surface area contributed by atoms with Crippen LogP contribution in [0.3, 0.4) is 0 Å². The van der Waals surface area contributed by atoms with Crippen molar-refractivity contribution in [2.45, 2.75) is 32.0 Å². The zero-order chi connectivity index (χ0) is 15.1. The topological polar surface area (TPSA) is 81.6 Å². The summed E-state index contributed by atoms with van der Waals surface area (Å²) in [4.78, 5) is 14.1. The zero-order valence-electron chi connectivity index (χ0n) is 12.3. The van der Waals surface area contributed by atoms with Crippen LogP contribution < -0.4 is 0 Å². The highest BCUT2D eigenvalue weighted by molar-refractivity contribution is 5.94. The molecule has 116 valence electrons. The molecule has 0 aromatic carbocycles. The van der Waals surface area contributed by atoms with E-state index in [4.69, 9.17) is 13.6 Å². The van der Waals surface area contributed by atoms with Crippen LogP contribution in [0.15, 0.2) is 27.4 Å². The number of amides is 1. The lowest BCUT2D eigenvalue weighted by Gasteiger charge is -2.18. The van der Waals surface area contributed by atoms with Gasteiger partial charge in [-0.25, -0.2) is 0 Å². The molecular formula is C15H17N3O4. The lowest BCUT2D eigenvalue weighted by molar-refractivity contribution is 0.0335. The summed E-state index contributed by atoms with van der Waals surface area (Å²) in [5.41, 5.74) is 0.595. The fraction of sp³-hybridized carbons (Fsp3) is 0.533. The highest BCUT2D eigenvalue weighted by Gasteiger charge is 2.43. The quantitative estimate of drug-likeness (QED) is 0.853. The molecule has 3 atom stereocenters. The molecule has 4 rings (SSSR count). The van der Waals surface area contributed by atoms with E-state index in [0.717, 1.165) is 13.0 Å². The third-order valence-electron chi connectivity index (χ3n) is 4.34. The predicted octanol–water partition coefficient (Wildman–Crippen LogP) is 1.44. The van der Waals surface area contributed by atoms with E-state index in [1.165, 1.54) is 12.5 Å². The van der Waals surface area contributed by atoms with Crippen molar-refractivity contribution >= 4 is 5.91 Å². The maximum absolute atomic E-state index is 12.3. The summed E-state index contributed by atoms with van der Waals surface area (Å²) in [5.74, 6) is 1.58. The fourth-order valence-electron chi connectivity index (χ4n) is 3.34. The highest BCUT2D eigenvalue weighted by Crippen LogP contribution is 2.34. The second kappa shape index (κ2) is 5.24. The van der Waals surface area contributed by atoms with Gasteiger partial charge in [0.25, 0.3) is 5.91 Å². The largest absolute Gasteiger partial charge is 0.472 e. The first-order valence-electron chi connectivity index (χ1n) is 7.45. The van der Waals surface area contributed by atoms with Crippen LogP contribution in [0.5, 0.6) is 0 Å². The smallest absolute Gasteiger partial charge is 0.257 e. The number of ether oxygens (including phenoxy) is 1. The maximum atomic E-state index is 12.3. The monoisotopic (exact) mass is 303 g/mol. The number of likely N-dealkylation sites (tertiary alicyclic amines) is 1. The van der Waals surface area contributed by atoms with Gasteiger partial charge in [-0.3, -0.25) is 4.79 Å². The number of carbonyl (C=O) groups is 1. The number of fused-ring (bicyclic) bond motifs is 1. The van der Waals surface area contributed by atoms with Gasteiger partial charge in [0.2, 0.25) is 11.8 Å². The van der Waals surface area contributed by atoms with Gasteiger partial charge in [-0.15, -0.1) is 10.2 Å². The van der Waals surface area contributed by atoms with Gasteiger partial charge in [0.15, 0.2) is 0 Å². The fourth-order valence-corrected chi connectivity index (χ4v) is 3.34. The van der Waals surface area contributed by atoms with Crippen molar-refractivity contribution < 1.29 is 18.4 Å². The van der Waals surface area contributed by atoms with Gasteiger partial charge in [-0.05, 0) is 12.5 Å². The average molecular weight is 303 g/mol. The van der Waals surface area contributed by atoms with E-state index < -0.39 is 0 Å². The van der Waals surface area contributed by atoms with E-state index in [2.05, 4.69) is 10.2 Å². The molecule has 0 aliphatic carbocycles. The van der Waals surface area contributed by atoms with E-state index in [0.29, 0.717) is 36.2 Å². The summed E-state index contributed by atoms with van der Waals surface area (Å²) in [6.45, 7) is 3.14. The van der Waals surface area contributed by atoms with Gasteiger partial charge >= 0.3 is 0 Å². The van der Waals surface area contributed by atoms with Crippen LogP contribution in [0.2, 0.25) is 0 Å². The number of nitrogens with zero attached hydrogens (tertiary/aromatic N) is 3. The third kappa shape index (κ3) is 2.41. The average Bonchev–Trinajstić information content (AvgIpc) is 3.21.